The molecule has 0 radical (unpaired) electrons. The number of carboxylic acid groups (broad SMARTS) is 1. The van der Waals surface area contributed by atoms with Gasteiger partial charge in [-0.15, -0.1) is 0 Å². The predicted molar refractivity (Wildman–Crippen MR) is 87.3 cm³/mol. The molecule has 1 aromatic carbocycles. The maximum atomic E-state index is 12.0. The number of urea groups is 1. The molecule has 0 unspecified atom stereocenters. The van der Waals surface area contributed by atoms with Crippen molar-refractivity contribution in [1.82, 2.24) is 15.6 Å². The van der Waals surface area contributed by atoms with Crippen LogP contribution in [0.1, 0.15) is 31.2 Å². The third-order valence-electron chi connectivity index (χ3n) is 4.39. The smallest absolute Gasteiger partial charge is 0.326 e. The molecule has 1 heterocycles. The van der Waals surface area contributed by atoms with Gasteiger partial charge in [-0.2, -0.15) is 0 Å². The number of aromatic nitrogens is 1. The van der Waals surface area contributed by atoms with E-state index in [0.29, 0.717) is 0 Å². The molecule has 2 aromatic rings. The van der Waals surface area contributed by atoms with Crippen molar-refractivity contribution in [1.29, 1.82) is 0 Å². The molecule has 1 aromatic heterocycles. The van der Waals surface area contributed by atoms with Crippen LogP contribution >= 0.6 is 0 Å². The topological polar surface area (TPSA) is 94.2 Å². The number of carbonyl (C=O) groups is 2. The van der Waals surface area contributed by atoms with Gasteiger partial charge in [0.2, 0.25) is 0 Å². The van der Waals surface area contributed by atoms with Gasteiger partial charge < -0.3 is 20.7 Å². The van der Waals surface area contributed by atoms with Gasteiger partial charge in [0.1, 0.15) is 6.04 Å². The summed E-state index contributed by atoms with van der Waals surface area (Å²) < 4.78 is 0. The lowest BCUT2D eigenvalue weighted by Gasteiger charge is -2.17. The quantitative estimate of drug-likeness (QED) is 0.682. The van der Waals surface area contributed by atoms with E-state index in [-0.39, 0.29) is 12.5 Å². The molecule has 1 aliphatic rings. The van der Waals surface area contributed by atoms with E-state index in [2.05, 4.69) is 15.6 Å². The molecule has 23 heavy (non-hydrogen) atoms. The van der Waals surface area contributed by atoms with E-state index < -0.39 is 18.0 Å². The number of para-hydroxylation sites is 1. The Morgan fingerprint density at radius 3 is 2.74 bits per heavy atom. The number of rotatable bonds is 5. The fourth-order valence-electron chi connectivity index (χ4n) is 3.18. The normalized spacial score (nSPS) is 16.3. The first-order valence-electron chi connectivity index (χ1n) is 7.98. The molecule has 1 atom stereocenters. The van der Waals surface area contributed by atoms with E-state index >= 15 is 0 Å². The van der Waals surface area contributed by atoms with Crippen LogP contribution in [0.3, 0.4) is 0 Å². The van der Waals surface area contributed by atoms with Crippen molar-refractivity contribution in [3.05, 3.63) is 36.0 Å². The van der Waals surface area contributed by atoms with Crippen LogP contribution in [0.2, 0.25) is 0 Å². The van der Waals surface area contributed by atoms with Crippen LogP contribution in [0.25, 0.3) is 10.9 Å². The number of carbonyl (C=O) groups excluding carboxylic acids is 1. The SMILES string of the molecule is O=C(NC1CCCC1)N[C@@H](Cc1c[nH]c2ccccc12)C(=O)O. The summed E-state index contributed by atoms with van der Waals surface area (Å²) in [5.41, 5.74) is 1.84. The number of aliphatic carboxylic acids is 1. The highest BCUT2D eigenvalue weighted by atomic mass is 16.4. The van der Waals surface area contributed by atoms with Gasteiger partial charge >= 0.3 is 12.0 Å². The number of hydrogen-bond acceptors (Lipinski definition) is 2. The Kier molecular flexibility index (Phi) is 4.50. The van der Waals surface area contributed by atoms with Crippen LogP contribution < -0.4 is 10.6 Å². The minimum Gasteiger partial charge on any atom is -0.480 e. The highest BCUT2D eigenvalue weighted by molar-refractivity contribution is 5.86. The molecule has 122 valence electrons. The molecule has 0 saturated heterocycles. The van der Waals surface area contributed by atoms with E-state index in [1.165, 1.54) is 0 Å². The highest BCUT2D eigenvalue weighted by Gasteiger charge is 2.24. The van der Waals surface area contributed by atoms with Crippen LogP contribution in [-0.2, 0) is 11.2 Å². The van der Waals surface area contributed by atoms with Crippen LogP contribution in [0.4, 0.5) is 4.79 Å². The molecule has 0 aliphatic heterocycles. The van der Waals surface area contributed by atoms with Gasteiger partial charge in [-0.1, -0.05) is 31.0 Å². The van der Waals surface area contributed by atoms with Gasteiger partial charge in [0.05, 0.1) is 0 Å². The van der Waals surface area contributed by atoms with E-state index in [1.54, 1.807) is 6.20 Å². The molecule has 6 nitrogen and oxygen atoms in total. The lowest BCUT2D eigenvalue weighted by molar-refractivity contribution is -0.139. The first-order chi connectivity index (χ1) is 11.1. The van der Waals surface area contributed by atoms with E-state index in [0.717, 1.165) is 42.1 Å². The molecule has 6 heteroatoms. The zero-order chi connectivity index (χ0) is 16.2. The summed E-state index contributed by atoms with van der Waals surface area (Å²) in [6, 6.07) is 6.53. The van der Waals surface area contributed by atoms with Crippen molar-refractivity contribution in [3.8, 4) is 0 Å². The molecule has 1 saturated carbocycles. The summed E-state index contributed by atoms with van der Waals surface area (Å²) >= 11 is 0. The Morgan fingerprint density at radius 2 is 2.00 bits per heavy atom. The molecule has 3 rings (SSSR count). The molecule has 0 bridgehead atoms. The number of hydrogen-bond donors (Lipinski definition) is 4. The van der Waals surface area contributed by atoms with Gasteiger partial charge in [0.15, 0.2) is 0 Å². The number of aromatic amines is 1. The third kappa shape index (κ3) is 3.64. The largest absolute Gasteiger partial charge is 0.480 e. The zero-order valence-corrected chi connectivity index (χ0v) is 12.8. The predicted octanol–water partition coefficient (Wildman–Crippen LogP) is 2.41. The van der Waals surface area contributed by atoms with Crippen molar-refractivity contribution in [2.75, 3.05) is 0 Å². The average molecular weight is 315 g/mol. The number of H-pyrrole nitrogens is 1. The number of carboxylic acids is 1. The second-order valence-electron chi connectivity index (χ2n) is 6.05. The standard InChI is InChI=1S/C17H21N3O3/c21-16(22)15(20-17(23)19-12-5-1-2-6-12)9-11-10-18-14-8-4-3-7-13(11)14/h3-4,7-8,10,12,15,18H,1-2,5-6,9H2,(H,21,22)(H2,19,20,23)/t15-/m0/s1. The first kappa shape index (κ1) is 15.4. The fraction of sp³-hybridized carbons (Fsp3) is 0.412. The minimum atomic E-state index is -1.03. The summed E-state index contributed by atoms with van der Waals surface area (Å²) in [6.07, 6.45) is 6.21. The van der Waals surface area contributed by atoms with Crippen molar-refractivity contribution < 1.29 is 14.7 Å². The first-order valence-corrected chi connectivity index (χ1v) is 7.98. The van der Waals surface area contributed by atoms with Crippen molar-refractivity contribution in [3.63, 3.8) is 0 Å². The molecule has 1 fully saturated rings. The number of fused-ring (bicyclic) bond motifs is 1. The third-order valence-corrected chi connectivity index (χ3v) is 4.39. The zero-order valence-electron chi connectivity index (χ0n) is 12.8. The van der Waals surface area contributed by atoms with Crippen LogP contribution in [0.5, 0.6) is 0 Å². The summed E-state index contributed by atoms with van der Waals surface area (Å²) in [4.78, 5) is 26.6. The Balaban J connectivity index is 1.66. The molecule has 4 N–H and O–H groups in total. The van der Waals surface area contributed by atoms with Crippen molar-refractivity contribution >= 4 is 22.9 Å². The van der Waals surface area contributed by atoms with E-state index in [1.807, 2.05) is 24.3 Å². The summed E-state index contributed by atoms with van der Waals surface area (Å²) in [6.45, 7) is 0. The van der Waals surface area contributed by atoms with Crippen LogP contribution in [-0.4, -0.2) is 34.2 Å². The Hall–Kier alpha value is -2.50. The number of benzene rings is 1. The van der Waals surface area contributed by atoms with Crippen molar-refractivity contribution in [2.45, 2.75) is 44.2 Å². The summed E-state index contributed by atoms with van der Waals surface area (Å²) in [7, 11) is 0. The molecule has 2 amide bonds. The second kappa shape index (κ2) is 6.73. The lowest BCUT2D eigenvalue weighted by atomic mass is 10.1. The van der Waals surface area contributed by atoms with Gasteiger partial charge in [-0.05, 0) is 24.5 Å². The van der Waals surface area contributed by atoms with Gasteiger partial charge in [0.25, 0.3) is 0 Å². The van der Waals surface area contributed by atoms with E-state index in [4.69, 9.17) is 0 Å². The molecule has 1 aliphatic carbocycles. The van der Waals surface area contributed by atoms with Crippen molar-refractivity contribution in [2.24, 2.45) is 0 Å². The minimum absolute atomic E-state index is 0.164. The van der Waals surface area contributed by atoms with Gasteiger partial charge in [-0.3, -0.25) is 0 Å². The molecular weight excluding hydrogens is 294 g/mol. The van der Waals surface area contributed by atoms with E-state index in [9.17, 15) is 14.7 Å². The maximum Gasteiger partial charge on any atom is 0.326 e. The lowest BCUT2D eigenvalue weighted by Crippen LogP contribution is -2.49. The number of nitrogens with one attached hydrogen (secondary N) is 3. The fourth-order valence-corrected chi connectivity index (χ4v) is 3.18. The summed E-state index contributed by atoms with van der Waals surface area (Å²) in [5.74, 6) is -1.03. The number of amides is 2. The highest BCUT2D eigenvalue weighted by Crippen LogP contribution is 2.19. The van der Waals surface area contributed by atoms with Crippen LogP contribution in [0, 0.1) is 0 Å². The summed E-state index contributed by atoms with van der Waals surface area (Å²) in [5, 5.41) is 15.8. The van der Waals surface area contributed by atoms with Gasteiger partial charge in [0, 0.05) is 29.6 Å². The maximum absolute atomic E-state index is 12.0. The average Bonchev–Trinajstić information content (AvgIpc) is 3.16. The molecule has 0 spiro atoms. The second-order valence-corrected chi connectivity index (χ2v) is 6.05. The van der Waals surface area contributed by atoms with Crippen LogP contribution in [0.15, 0.2) is 30.5 Å². The Morgan fingerprint density at radius 1 is 1.26 bits per heavy atom. The Bertz CT molecular complexity index is 704. The van der Waals surface area contributed by atoms with Gasteiger partial charge in [-0.25, -0.2) is 9.59 Å². The molecular formula is C17H21N3O3. The Labute approximate surface area is 134 Å². The monoisotopic (exact) mass is 315 g/mol.